The van der Waals surface area contributed by atoms with Crippen LogP contribution in [-0.2, 0) is 4.79 Å². The van der Waals surface area contributed by atoms with Crippen LogP contribution in [0.25, 0.3) is 0 Å². The zero-order valence-corrected chi connectivity index (χ0v) is 11.6. The van der Waals surface area contributed by atoms with E-state index in [4.69, 9.17) is 5.73 Å². The number of hydrogen-bond donors (Lipinski definition) is 1. The molecule has 0 bridgehead atoms. The van der Waals surface area contributed by atoms with Crippen LogP contribution in [0.4, 0.5) is 0 Å². The number of nitrogens with zero attached hydrogens (tertiary/aromatic N) is 2. The van der Waals surface area contributed by atoms with Gasteiger partial charge in [0.1, 0.15) is 0 Å². The van der Waals surface area contributed by atoms with Gasteiger partial charge in [-0.15, -0.1) is 0 Å². The molecule has 0 aromatic carbocycles. The monoisotopic (exact) mass is 253 g/mol. The van der Waals surface area contributed by atoms with E-state index in [0.29, 0.717) is 12.6 Å². The Hall–Kier alpha value is -0.610. The van der Waals surface area contributed by atoms with Crippen LogP contribution in [-0.4, -0.2) is 54.5 Å². The predicted octanol–water partition coefficient (Wildman–Crippen LogP) is 1.20. The number of rotatable bonds is 3. The molecule has 1 amide bonds. The van der Waals surface area contributed by atoms with Gasteiger partial charge in [-0.3, -0.25) is 9.69 Å². The van der Waals surface area contributed by atoms with Gasteiger partial charge < -0.3 is 10.6 Å². The van der Waals surface area contributed by atoms with Crippen LogP contribution in [0.5, 0.6) is 0 Å². The molecule has 1 saturated carbocycles. The molecule has 1 unspecified atom stereocenters. The summed E-state index contributed by atoms with van der Waals surface area (Å²) in [6.45, 7) is 2.50. The van der Waals surface area contributed by atoms with E-state index in [1.807, 2.05) is 11.9 Å². The first-order chi connectivity index (χ1) is 8.74. The van der Waals surface area contributed by atoms with Crippen LogP contribution in [0, 0.1) is 0 Å². The van der Waals surface area contributed by atoms with E-state index in [1.165, 1.54) is 38.5 Å². The van der Waals surface area contributed by atoms with Gasteiger partial charge in [0.2, 0.25) is 5.91 Å². The third-order valence-electron chi connectivity index (χ3n) is 4.49. The molecule has 1 saturated heterocycles. The van der Waals surface area contributed by atoms with Crippen LogP contribution in [0.1, 0.15) is 44.9 Å². The third-order valence-corrected chi connectivity index (χ3v) is 4.49. The lowest BCUT2D eigenvalue weighted by molar-refractivity contribution is -0.142. The van der Waals surface area contributed by atoms with Crippen LogP contribution in [0.3, 0.4) is 0 Å². The quantitative estimate of drug-likeness (QED) is 0.769. The van der Waals surface area contributed by atoms with E-state index >= 15 is 0 Å². The molecular weight excluding hydrogens is 226 g/mol. The second-order valence-corrected chi connectivity index (χ2v) is 5.74. The van der Waals surface area contributed by atoms with Crippen molar-refractivity contribution < 1.29 is 4.79 Å². The second-order valence-electron chi connectivity index (χ2n) is 5.74. The normalized spacial score (nSPS) is 28.4. The lowest BCUT2D eigenvalue weighted by Crippen LogP contribution is -2.59. The molecule has 2 aliphatic rings. The zero-order chi connectivity index (χ0) is 13.0. The number of nitrogens with two attached hydrogens (primary N) is 1. The fraction of sp³-hybridized carbons (Fsp3) is 0.929. The maximum atomic E-state index is 12.3. The highest BCUT2D eigenvalue weighted by Crippen LogP contribution is 2.26. The first-order valence-corrected chi connectivity index (χ1v) is 7.45. The molecule has 0 aromatic heterocycles. The molecular formula is C14H27N3O. The van der Waals surface area contributed by atoms with Crippen LogP contribution < -0.4 is 5.73 Å². The Morgan fingerprint density at radius 2 is 1.83 bits per heavy atom. The topological polar surface area (TPSA) is 49.6 Å². The van der Waals surface area contributed by atoms with E-state index in [2.05, 4.69) is 4.90 Å². The van der Waals surface area contributed by atoms with Crippen molar-refractivity contribution in [2.24, 2.45) is 5.73 Å². The SMILES string of the molecule is CN1CCN(C2CCCCCC2)C(CCN)C1=O. The van der Waals surface area contributed by atoms with E-state index in [9.17, 15) is 4.79 Å². The number of likely N-dealkylation sites (N-methyl/N-ethyl adjacent to an activating group) is 1. The van der Waals surface area contributed by atoms with Crippen molar-refractivity contribution in [2.75, 3.05) is 26.7 Å². The molecule has 1 aliphatic heterocycles. The molecule has 0 aromatic rings. The molecule has 4 heteroatoms. The fourth-order valence-electron chi connectivity index (χ4n) is 3.40. The minimum absolute atomic E-state index is 0.0387. The summed E-state index contributed by atoms with van der Waals surface area (Å²) in [4.78, 5) is 16.6. The molecule has 0 radical (unpaired) electrons. The van der Waals surface area contributed by atoms with Crippen LogP contribution in [0.15, 0.2) is 0 Å². The molecule has 4 nitrogen and oxygen atoms in total. The number of carbonyl (C=O) groups excluding carboxylic acids is 1. The van der Waals surface area contributed by atoms with E-state index < -0.39 is 0 Å². The highest BCUT2D eigenvalue weighted by molar-refractivity contribution is 5.82. The van der Waals surface area contributed by atoms with Crippen molar-refractivity contribution in [3.05, 3.63) is 0 Å². The predicted molar refractivity (Wildman–Crippen MR) is 73.3 cm³/mol. The fourth-order valence-corrected chi connectivity index (χ4v) is 3.40. The molecule has 1 heterocycles. The van der Waals surface area contributed by atoms with E-state index in [1.54, 1.807) is 0 Å². The average Bonchev–Trinajstić information content (AvgIpc) is 2.64. The van der Waals surface area contributed by atoms with Crippen LogP contribution in [0.2, 0.25) is 0 Å². The minimum atomic E-state index is 0.0387. The summed E-state index contributed by atoms with van der Waals surface area (Å²) < 4.78 is 0. The third kappa shape index (κ3) is 3.04. The van der Waals surface area contributed by atoms with Crippen molar-refractivity contribution in [3.8, 4) is 0 Å². The van der Waals surface area contributed by atoms with Gasteiger partial charge in [0.05, 0.1) is 6.04 Å². The molecule has 104 valence electrons. The summed E-state index contributed by atoms with van der Waals surface area (Å²) in [6, 6.07) is 0.651. The molecule has 0 spiro atoms. The van der Waals surface area contributed by atoms with Gasteiger partial charge in [-0.2, -0.15) is 0 Å². The largest absolute Gasteiger partial charge is 0.343 e. The van der Waals surface area contributed by atoms with Gasteiger partial charge in [0.15, 0.2) is 0 Å². The summed E-state index contributed by atoms with van der Waals surface area (Å²) in [5.74, 6) is 0.274. The Balaban J connectivity index is 2.05. The van der Waals surface area contributed by atoms with Gasteiger partial charge >= 0.3 is 0 Å². The number of amides is 1. The van der Waals surface area contributed by atoms with E-state index in [-0.39, 0.29) is 11.9 Å². The number of hydrogen-bond acceptors (Lipinski definition) is 3. The highest BCUT2D eigenvalue weighted by Gasteiger charge is 2.36. The van der Waals surface area contributed by atoms with Crippen molar-refractivity contribution in [1.82, 2.24) is 9.80 Å². The molecule has 1 atom stereocenters. The maximum absolute atomic E-state index is 12.3. The Labute approximate surface area is 110 Å². The van der Waals surface area contributed by atoms with Gasteiger partial charge in [0, 0.05) is 26.2 Å². The van der Waals surface area contributed by atoms with Gasteiger partial charge in [-0.25, -0.2) is 0 Å². The average molecular weight is 253 g/mol. The minimum Gasteiger partial charge on any atom is -0.343 e. The van der Waals surface area contributed by atoms with Crippen molar-refractivity contribution >= 4 is 5.91 Å². The molecule has 1 aliphatic carbocycles. The zero-order valence-electron chi connectivity index (χ0n) is 11.6. The summed E-state index contributed by atoms with van der Waals surface area (Å²) in [7, 11) is 1.91. The van der Waals surface area contributed by atoms with Crippen LogP contribution >= 0.6 is 0 Å². The lowest BCUT2D eigenvalue weighted by Gasteiger charge is -2.43. The van der Waals surface area contributed by atoms with Gasteiger partial charge in [-0.05, 0) is 25.8 Å². The van der Waals surface area contributed by atoms with Gasteiger partial charge in [0.25, 0.3) is 0 Å². The summed E-state index contributed by atoms with van der Waals surface area (Å²) in [5.41, 5.74) is 5.69. The van der Waals surface area contributed by atoms with Crippen molar-refractivity contribution in [2.45, 2.75) is 57.0 Å². The Morgan fingerprint density at radius 1 is 1.17 bits per heavy atom. The first kappa shape index (κ1) is 13.8. The highest BCUT2D eigenvalue weighted by atomic mass is 16.2. The Kier molecular flexibility index (Phi) is 5.01. The van der Waals surface area contributed by atoms with Gasteiger partial charge in [-0.1, -0.05) is 25.7 Å². The summed E-state index contributed by atoms with van der Waals surface area (Å²) >= 11 is 0. The Morgan fingerprint density at radius 3 is 2.44 bits per heavy atom. The summed E-state index contributed by atoms with van der Waals surface area (Å²) in [6.07, 6.45) is 8.69. The van der Waals surface area contributed by atoms with Crippen molar-refractivity contribution in [3.63, 3.8) is 0 Å². The first-order valence-electron chi connectivity index (χ1n) is 7.45. The molecule has 2 N–H and O–H groups in total. The number of piperazine rings is 1. The summed E-state index contributed by atoms with van der Waals surface area (Å²) in [5, 5.41) is 0. The standard InChI is InChI=1S/C14H27N3O/c1-16-10-11-17(13(8-9-15)14(16)18)12-6-4-2-3-5-7-12/h12-13H,2-11,15H2,1H3. The van der Waals surface area contributed by atoms with E-state index in [0.717, 1.165) is 19.5 Å². The molecule has 2 rings (SSSR count). The second kappa shape index (κ2) is 6.53. The lowest BCUT2D eigenvalue weighted by atomic mass is 10.00. The van der Waals surface area contributed by atoms with Crippen molar-refractivity contribution in [1.29, 1.82) is 0 Å². The maximum Gasteiger partial charge on any atom is 0.239 e. The smallest absolute Gasteiger partial charge is 0.239 e. The Bertz CT molecular complexity index is 274. The molecule has 18 heavy (non-hydrogen) atoms. The molecule has 2 fully saturated rings. The number of carbonyl (C=O) groups is 1.